The van der Waals surface area contributed by atoms with E-state index in [2.05, 4.69) is 14.9 Å². The molecule has 6 nitrogen and oxygen atoms in total. The number of ether oxygens (including phenoxy) is 1. The number of nitrogens with zero attached hydrogens (tertiary/aromatic N) is 3. The van der Waals surface area contributed by atoms with Gasteiger partial charge in [0.1, 0.15) is 5.75 Å². The van der Waals surface area contributed by atoms with Crippen LogP contribution in [-0.2, 0) is 6.54 Å². The van der Waals surface area contributed by atoms with E-state index >= 15 is 0 Å². The van der Waals surface area contributed by atoms with Gasteiger partial charge in [0.25, 0.3) is 0 Å². The molecule has 1 fully saturated rings. The summed E-state index contributed by atoms with van der Waals surface area (Å²) in [4.78, 5) is 6.29. The number of aliphatic hydroxyl groups is 1. The molecule has 9 heteroatoms. The van der Waals surface area contributed by atoms with Crippen LogP contribution < -0.4 is 4.74 Å². The molecule has 26 heavy (non-hydrogen) atoms. The first kappa shape index (κ1) is 18.7. The summed E-state index contributed by atoms with van der Waals surface area (Å²) in [6.45, 7) is 4.59. The zero-order valence-corrected chi connectivity index (χ0v) is 14.4. The van der Waals surface area contributed by atoms with Crippen LogP contribution in [0.1, 0.15) is 49.5 Å². The van der Waals surface area contributed by atoms with Crippen LogP contribution in [-0.4, -0.2) is 39.2 Å². The summed E-state index contributed by atoms with van der Waals surface area (Å²) >= 11 is 0. The third-order valence-corrected chi connectivity index (χ3v) is 4.16. The van der Waals surface area contributed by atoms with E-state index in [4.69, 9.17) is 4.52 Å². The average molecular weight is 371 g/mol. The van der Waals surface area contributed by atoms with Crippen LogP contribution in [0.15, 0.2) is 28.8 Å². The Kier molecular flexibility index (Phi) is 5.19. The monoisotopic (exact) mass is 371 g/mol. The van der Waals surface area contributed by atoms with Gasteiger partial charge in [-0.2, -0.15) is 4.98 Å². The van der Waals surface area contributed by atoms with E-state index in [9.17, 15) is 18.3 Å². The number of β-amino-alcohol motifs (C(OH)–C–C–N with tert-alkyl or cyclic N) is 1. The minimum Gasteiger partial charge on any atom is -0.406 e. The highest BCUT2D eigenvalue weighted by atomic mass is 19.4. The molecule has 0 radical (unpaired) electrons. The van der Waals surface area contributed by atoms with Crippen molar-refractivity contribution in [2.75, 3.05) is 6.54 Å². The van der Waals surface area contributed by atoms with Gasteiger partial charge in [0, 0.05) is 19.0 Å². The molecule has 142 valence electrons. The lowest BCUT2D eigenvalue weighted by atomic mass is 10.1. The fraction of sp³-hybridized carbons (Fsp3) is 0.529. The summed E-state index contributed by atoms with van der Waals surface area (Å²) in [6, 6.07) is 5.51. The van der Waals surface area contributed by atoms with Crippen LogP contribution in [0.25, 0.3) is 0 Å². The van der Waals surface area contributed by atoms with E-state index in [-0.39, 0.29) is 17.7 Å². The van der Waals surface area contributed by atoms with Crippen molar-refractivity contribution in [2.24, 2.45) is 0 Å². The number of aliphatic hydroxyl groups excluding tert-OH is 1. The quantitative estimate of drug-likeness (QED) is 0.869. The van der Waals surface area contributed by atoms with Crippen molar-refractivity contribution in [1.82, 2.24) is 15.0 Å². The Balaban J connectivity index is 1.76. The van der Waals surface area contributed by atoms with Crippen LogP contribution in [0.4, 0.5) is 13.2 Å². The lowest BCUT2D eigenvalue weighted by Crippen LogP contribution is -2.24. The van der Waals surface area contributed by atoms with E-state index < -0.39 is 12.5 Å². The standard InChI is InChI=1S/C17H20F3N3O3/c1-10(2)15-21-16(26-22-15)14-7-12(24)9-23(14)8-11-4-3-5-13(6-11)25-17(18,19)20/h3-6,10,12,14,24H,7-9H2,1-2H3. The second-order valence-electron chi connectivity index (χ2n) is 6.68. The van der Waals surface area contributed by atoms with Crippen LogP contribution in [0.5, 0.6) is 5.75 Å². The molecule has 0 bridgehead atoms. The molecular formula is C17H20F3N3O3. The number of rotatable bonds is 5. The van der Waals surface area contributed by atoms with E-state index in [1.807, 2.05) is 18.7 Å². The Labute approximate surface area is 148 Å². The first-order valence-corrected chi connectivity index (χ1v) is 8.31. The average Bonchev–Trinajstić information content (AvgIpc) is 3.12. The molecule has 3 rings (SSSR count). The van der Waals surface area contributed by atoms with E-state index in [0.717, 1.165) is 0 Å². The molecule has 0 amide bonds. The first-order chi connectivity index (χ1) is 12.2. The third kappa shape index (κ3) is 4.53. The lowest BCUT2D eigenvalue weighted by molar-refractivity contribution is -0.274. The molecule has 0 aliphatic carbocycles. The van der Waals surface area contributed by atoms with E-state index in [1.165, 1.54) is 18.2 Å². The normalized spacial score (nSPS) is 21.5. The topological polar surface area (TPSA) is 71.6 Å². The number of halogens is 3. The van der Waals surface area contributed by atoms with Gasteiger partial charge >= 0.3 is 6.36 Å². The molecule has 1 N–H and O–H groups in total. The van der Waals surface area contributed by atoms with Crippen molar-refractivity contribution >= 4 is 0 Å². The molecule has 2 atom stereocenters. The zero-order valence-electron chi connectivity index (χ0n) is 14.4. The van der Waals surface area contributed by atoms with Crippen LogP contribution in [0.2, 0.25) is 0 Å². The van der Waals surface area contributed by atoms with Gasteiger partial charge in [-0.1, -0.05) is 31.1 Å². The highest BCUT2D eigenvalue weighted by Crippen LogP contribution is 2.33. The number of likely N-dealkylation sites (tertiary alicyclic amines) is 1. The highest BCUT2D eigenvalue weighted by Gasteiger charge is 2.36. The highest BCUT2D eigenvalue weighted by molar-refractivity contribution is 5.29. The second-order valence-corrected chi connectivity index (χ2v) is 6.68. The van der Waals surface area contributed by atoms with Crippen molar-refractivity contribution in [3.63, 3.8) is 0 Å². The van der Waals surface area contributed by atoms with Crippen molar-refractivity contribution in [3.05, 3.63) is 41.5 Å². The zero-order chi connectivity index (χ0) is 18.9. The smallest absolute Gasteiger partial charge is 0.406 e. The summed E-state index contributed by atoms with van der Waals surface area (Å²) in [5.41, 5.74) is 0.634. The SMILES string of the molecule is CC(C)c1noc(C2CC(O)CN2Cc2cccc(OC(F)(F)F)c2)n1. The fourth-order valence-corrected chi connectivity index (χ4v) is 3.00. The summed E-state index contributed by atoms with van der Waals surface area (Å²) < 4.78 is 46.4. The summed E-state index contributed by atoms with van der Waals surface area (Å²) in [5, 5.41) is 14.0. The Hall–Kier alpha value is -2.13. The van der Waals surface area contributed by atoms with Gasteiger partial charge in [-0.15, -0.1) is 13.2 Å². The number of aromatic nitrogens is 2. The first-order valence-electron chi connectivity index (χ1n) is 8.31. The van der Waals surface area contributed by atoms with Gasteiger partial charge in [-0.25, -0.2) is 0 Å². The van der Waals surface area contributed by atoms with Gasteiger partial charge in [0.15, 0.2) is 5.82 Å². The Bertz CT molecular complexity index is 748. The van der Waals surface area contributed by atoms with Crippen molar-refractivity contribution in [1.29, 1.82) is 0 Å². The maximum atomic E-state index is 12.4. The predicted octanol–water partition coefficient (Wildman–Crippen LogP) is 3.40. The lowest BCUT2D eigenvalue weighted by Gasteiger charge is -2.21. The summed E-state index contributed by atoms with van der Waals surface area (Å²) in [7, 11) is 0. The van der Waals surface area contributed by atoms with Crippen molar-refractivity contribution < 1.29 is 27.5 Å². The maximum Gasteiger partial charge on any atom is 0.573 e. The largest absolute Gasteiger partial charge is 0.573 e. The molecule has 1 aromatic carbocycles. The molecular weight excluding hydrogens is 351 g/mol. The molecule has 1 saturated heterocycles. The number of hydrogen-bond donors (Lipinski definition) is 1. The van der Waals surface area contributed by atoms with Gasteiger partial charge in [0.2, 0.25) is 5.89 Å². The Morgan fingerprint density at radius 3 is 2.81 bits per heavy atom. The predicted molar refractivity (Wildman–Crippen MR) is 85.3 cm³/mol. The number of alkyl halides is 3. The molecule has 0 saturated carbocycles. The molecule has 1 aromatic heterocycles. The molecule has 1 aliphatic heterocycles. The molecule has 1 aliphatic rings. The number of benzene rings is 1. The van der Waals surface area contributed by atoms with Crippen molar-refractivity contribution in [2.45, 2.75) is 51.2 Å². The molecule has 2 aromatic rings. The molecule has 2 heterocycles. The van der Waals surface area contributed by atoms with Crippen LogP contribution in [0.3, 0.4) is 0 Å². The van der Waals surface area contributed by atoms with Crippen molar-refractivity contribution in [3.8, 4) is 5.75 Å². The minimum absolute atomic E-state index is 0.114. The van der Waals surface area contributed by atoms with Gasteiger partial charge in [-0.05, 0) is 24.1 Å². The van der Waals surface area contributed by atoms with E-state index in [0.29, 0.717) is 36.8 Å². The van der Waals surface area contributed by atoms with Gasteiger partial charge < -0.3 is 14.4 Å². The van der Waals surface area contributed by atoms with Gasteiger partial charge in [0.05, 0.1) is 12.1 Å². The minimum atomic E-state index is -4.73. The third-order valence-electron chi connectivity index (χ3n) is 4.16. The Morgan fingerprint density at radius 2 is 2.15 bits per heavy atom. The van der Waals surface area contributed by atoms with E-state index in [1.54, 1.807) is 6.07 Å². The Morgan fingerprint density at radius 1 is 1.38 bits per heavy atom. The molecule has 0 spiro atoms. The van der Waals surface area contributed by atoms with Crippen LogP contribution in [0, 0.1) is 0 Å². The maximum absolute atomic E-state index is 12.4. The number of hydrogen-bond acceptors (Lipinski definition) is 6. The van der Waals surface area contributed by atoms with Crippen LogP contribution >= 0.6 is 0 Å². The van der Waals surface area contributed by atoms with Gasteiger partial charge in [-0.3, -0.25) is 4.90 Å². The molecule has 2 unspecified atom stereocenters. The summed E-state index contributed by atoms with van der Waals surface area (Å²) in [6.07, 6.45) is -4.87. The summed E-state index contributed by atoms with van der Waals surface area (Å²) in [5.74, 6) is 0.838. The fourth-order valence-electron chi connectivity index (χ4n) is 3.00. The second kappa shape index (κ2) is 7.24.